The van der Waals surface area contributed by atoms with Crippen molar-refractivity contribution >= 4 is 33.2 Å². The highest BCUT2D eigenvalue weighted by molar-refractivity contribution is 7.89. The molecule has 2 rings (SSSR count). The van der Waals surface area contributed by atoms with E-state index in [0.29, 0.717) is 28.4 Å². The lowest BCUT2D eigenvalue weighted by Crippen LogP contribution is -2.22. The van der Waals surface area contributed by atoms with E-state index in [-0.39, 0.29) is 17.2 Å². The third kappa shape index (κ3) is 5.22. The standard InChI is InChI=1S/C19H23ClN2O4S/c1-13-11-15(20)6-8-17(13)21-19(23)10-5-14-12-16(7-9-18(14)26-4)27(24,25)22(2)3/h6-9,11-12H,5,10H2,1-4H3,(H,21,23). The van der Waals surface area contributed by atoms with Crippen LogP contribution in [0.4, 0.5) is 5.69 Å². The van der Waals surface area contributed by atoms with Gasteiger partial charge in [-0.3, -0.25) is 4.79 Å². The maximum absolute atomic E-state index is 12.3. The van der Waals surface area contributed by atoms with Crippen LogP contribution in [0.1, 0.15) is 17.5 Å². The van der Waals surface area contributed by atoms with Crippen LogP contribution in [-0.4, -0.2) is 39.8 Å². The highest BCUT2D eigenvalue weighted by Crippen LogP contribution is 2.25. The van der Waals surface area contributed by atoms with Gasteiger partial charge in [-0.25, -0.2) is 12.7 Å². The fourth-order valence-corrected chi connectivity index (χ4v) is 3.73. The Morgan fingerprint density at radius 1 is 1.19 bits per heavy atom. The molecule has 0 aliphatic rings. The summed E-state index contributed by atoms with van der Waals surface area (Å²) in [6.07, 6.45) is 0.530. The molecular weight excluding hydrogens is 388 g/mol. The average Bonchev–Trinajstić information content (AvgIpc) is 2.61. The van der Waals surface area contributed by atoms with Gasteiger partial charge in [-0.15, -0.1) is 0 Å². The molecule has 0 aliphatic heterocycles. The molecule has 0 unspecified atom stereocenters. The van der Waals surface area contributed by atoms with Crippen LogP contribution in [0.2, 0.25) is 5.02 Å². The topological polar surface area (TPSA) is 75.7 Å². The first-order valence-corrected chi connectivity index (χ1v) is 10.1. The van der Waals surface area contributed by atoms with Crippen LogP contribution in [0.5, 0.6) is 5.75 Å². The van der Waals surface area contributed by atoms with Gasteiger partial charge < -0.3 is 10.1 Å². The molecule has 2 aromatic rings. The SMILES string of the molecule is COc1ccc(S(=O)(=O)N(C)C)cc1CCC(=O)Nc1ccc(Cl)cc1C. The largest absolute Gasteiger partial charge is 0.496 e. The Morgan fingerprint density at radius 3 is 2.48 bits per heavy atom. The summed E-state index contributed by atoms with van der Waals surface area (Å²) < 4.78 is 31.1. The third-order valence-electron chi connectivity index (χ3n) is 4.11. The molecule has 0 aromatic heterocycles. The van der Waals surface area contributed by atoms with Gasteiger partial charge in [0, 0.05) is 31.2 Å². The van der Waals surface area contributed by atoms with Gasteiger partial charge in [0.25, 0.3) is 0 Å². The molecule has 0 fully saturated rings. The predicted molar refractivity (Wildman–Crippen MR) is 107 cm³/mol. The number of amides is 1. The lowest BCUT2D eigenvalue weighted by Gasteiger charge is -2.15. The molecule has 0 spiro atoms. The third-order valence-corrected chi connectivity index (χ3v) is 6.16. The van der Waals surface area contributed by atoms with E-state index in [0.717, 1.165) is 9.87 Å². The Labute approximate surface area is 165 Å². The zero-order valence-electron chi connectivity index (χ0n) is 15.7. The van der Waals surface area contributed by atoms with Crippen molar-refractivity contribution in [2.75, 3.05) is 26.5 Å². The summed E-state index contributed by atoms with van der Waals surface area (Å²) in [5.41, 5.74) is 2.22. The molecule has 0 aliphatic carbocycles. The van der Waals surface area contributed by atoms with E-state index in [1.807, 2.05) is 6.92 Å². The number of carbonyl (C=O) groups is 1. The lowest BCUT2D eigenvalue weighted by atomic mass is 10.1. The molecule has 27 heavy (non-hydrogen) atoms. The number of nitrogens with one attached hydrogen (secondary N) is 1. The van der Waals surface area contributed by atoms with E-state index in [1.165, 1.54) is 27.3 Å². The Balaban J connectivity index is 2.15. The smallest absolute Gasteiger partial charge is 0.242 e. The summed E-state index contributed by atoms with van der Waals surface area (Å²) in [5.74, 6) is 0.367. The maximum Gasteiger partial charge on any atom is 0.242 e. The van der Waals surface area contributed by atoms with Gasteiger partial charge in [-0.05, 0) is 60.9 Å². The van der Waals surface area contributed by atoms with Gasteiger partial charge in [0.15, 0.2) is 0 Å². The molecule has 146 valence electrons. The summed E-state index contributed by atoms with van der Waals surface area (Å²) in [4.78, 5) is 12.5. The average molecular weight is 411 g/mol. The van der Waals surface area contributed by atoms with E-state index in [2.05, 4.69) is 5.32 Å². The second kappa shape index (κ2) is 8.73. The second-order valence-corrected chi connectivity index (χ2v) is 8.86. The van der Waals surface area contributed by atoms with Crippen molar-refractivity contribution in [1.29, 1.82) is 0 Å². The monoisotopic (exact) mass is 410 g/mol. The van der Waals surface area contributed by atoms with Crippen LogP contribution < -0.4 is 10.1 Å². The number of halogens is 1. The number of hydrogen-bond acceptors (Lipinski definition) is 4. The van der Waals surface area contributed by atoms with Gasteiger partial charge in [0.2, 0.25) is 15.9 Å². The molecule has 0 bridgehead atoms. The summed E-state index contributed by atoms with van der Waals surface area (Å²) in [7, 11) is 0.900. The van der Waals surface area contributed by atoms with E-state index < -0.39 is 10.0 Å². The highest BCUT2D eigenvalue weighted by atomic mass is 35.5. The predicted octanol–water partition coefficient (Wildman–Crippen LogP) is 3.48. The maximum atomic E-state index is 12.3. The van der Waals surface area contributed by atoms with E-state index in [9.17, 15) is 13.2 Å². The first kappa shape index (κ1) is 21.2. The van der Waals surface area contributed by atoms with Gasteiger partial charge >= 0.3 is 0 Å². The zero-order chi connectivity index (χ0) is 20.2. The normalized spacial score (nSPS) is 11.5. The van der Waals surface area contributed by atoms with Crippen molar-refractivity contribution in [3.8, 4) is 5.75 Å². The van der Waals surface area contributed by atoms with Crippen LogP contribution in [0.15, 0.2) is 41.3 Å². The van der Waals surface area contributed by atoms with Crippen molar-refractivity contribution in [2.45, 2.75) is 24.7 Å². The molecule has 0 saturated heterocycles. The molecular formula is C19H23ClN2O4S. The van der Waals surface area contributed by atoms with Crippen LogP contribution in [-0.2, 0) is 21.2 Å². The number of carbonyl (C=O) groups excluding carboxylic acids is 1. The highest BCUT2D eigenvalue weighted by Gasteiger charge is 2.19. The molecule has 0 atom stereocenters. The van der Waals surface area contributed by atoms with E-state index in [4.69, 9.17) is 16.3 Å². The first-order chi connectivity index (χ1) is 12.6. The summed E-state index contributed by atoms with van der Waals surface area (Å²) in [6.45, 7) is 1.86. The number of sulfonamides is 1. The summed E-state index contributed by atoms with van der Waals surface area (Å²) in [6, 6.07) is 9.88. The molecule has 2 aromatic carbocycles. The van der Waals surface area contributed by atoms with Crippen LogP contribution in [0.3, 0.4) is 0 Å². The molecule has 0 heterocycles. The van der Waals surface area contributed by atoms with Gasteiger partial charge in [-0.1, -0.05) is 11.6 Å². The molecule has 0 saturated carbocycles. The number of rotatable bonds is 7. The lowest BCUT2D eigenvalue weighted by molar-refractivity contribution is -0.116. The van der Waals surface area contributed by atoms with Gasteiger partial charge in [0.05, 0.1) is 12.0 Å². The number of benzene rings is 2. The minimum Gasteiger partial charge on any atom is -0.496 e. The van der Waals surface area contributed by atoms with E-state index in [1.54, 1.807) is 30.3 Å². The Kier molecular flexibility index (Phi) is 6.86. The van der Waals surface area contributed by atoms with Crippen LogP contribution in [0.25, 0.3) is 0 Å². The van der Waals surface area contributed by atoms with Crippen molar-refractivity contribution in [3.05, 3.63) is 52.5 Å². The van der Waals surface area contributed by atoms with Crippen LogP contribution >= 0.6 is 11.6 Å². The number of anilines is 1. The number of ether oxygens (including phenoxy) is 1. The Bertz CT molecular complexity index is 943. The van der Waals surface area contributed by atoms with Crippen molar-refractivity contribution in [2.24, 2.45) is 0 Å². The van der Waals surface area contributed by atoms with E-state index >= 15 is 0 Å². The Morgan fingerprint density at radius 2 is 1.89 bits per heavy atom. The number of methoxy groups -OCH3 is 1. The van der Waals surface area contributed by atoms with Crippen LogP contribution in [0, 0.1) is 6.92 Å². The van der Waals surface area contributed by atoms with Gasteiger partial charge in [0.1, 0.15) is 5.75 Å². The van der Waals surface area contributed by atoms with Crippen molar-refractivity contribution < 1.29 is 17.9 Å². The number of nitrogens with zero attached hydrogens (tertiary/aromatic N) is 1. The van der Waals surface area contributed by atoms with Crippen molar-refractivity contribution in [1.82, 2.24) is 4.31 Å². The van der Waals surface area contributed by atoms with Crippen molar-refractivity contribution in [3.63, 3.8) is 0 Å². The molecule has 8 heteroatoms. The second-order valence-electron chi connectivity index (χ2n) is 6.27. The van der Waals surface area contributed by atoms with Gasteiger partial charge in [-0.2, -0.15) is 0 Å². The minimum atomic E-state index is -3.56. The number of aryl methyl sites for hydroxylation is 2. The fourth-order valence-electron chi connectivity index (χ4n) is 2.55. The minimum absolute atomic E-state index is 0.164. The zero-order valence-corrected chi connectivity index (χ0v) is 17.3. The Hall–Kier alpha value is -2.09. The molecule has 0 radical (unpaired) electrons. The quantitative estimate of drug-likeness (QED) is 0.758. The molecule has 1 amide bonds. The number of hydrogen-bond donors (Lipinski definition) is 1. The summed E-state index contributed by atoms with van der Waals surface area (Å²) in [5, 5.41) is 3.45. The summed E-state index contributed by atoms with van der Waals surface area (Å²) >= 11 is 5.92. The molecule has 6 nitrogen and oxygen atoms in total. The fraction of sp³-hybridized carbons (Fsp3) is 0.316. The first-order valence-electron chi connectivity index (χ1n) is 8.30. The molecule has 1 N–H and O–H groups in total.